The molecule has 1 aliphatic rings. The quantitative estimate of drug-likeness (QED) is 0.783. The first-order chi connectivity index (χ1) is 9.53. The molecule has 20 heavy (non-hydrogen) atoms. The Balaban J connectivity index is 1.97. The van der Waals surface area contributed by atoms with Gasteiger partial charge in [0.1, 0.15) is 5.54 Å². The van der Waals surface area contributed by atoms with Gasteiger partial charge in [-0.2, -0.15) is 0 Å². The molecule has 1 aromatic heterocycles. The minimum atomic E-state index is -1.11. The lowest BCUT2D eigenvalue weighted by Crippen LogP contribution is -2.55. The van der Waals surface area contributed by atoms with Crippen molar-refractivity contribution < 1.29 is 14.7 Å². The summed E-state index contributed by atoms with van der Waals surface area (Å²) in [5.41, 5.74) is -0.187. The van der Waals surface area contributed by atoms with Crippen LogP contribution in [0.4, 0.5) is 4.79 Å². The molecule has 3 N–H and O–H groups in total. The fraction of sp³-hybridized carbons (Fsp3) is 0.500. The highest BCUT2D eigenvalue weighted by Crippen LogP contribution is 2.29. The van der Waals surface area contributed by atoms with Crippen LogP contribution in [-0.4, -0.2) is 27.6 Å². The highest BCUT2D eigenvalue weighted by atomic mass is 16.4. The van der Waals surface area contributed by atoms with Crippen molar-refractivity contribution >= 4 is 12.0 Å². The summed E-state index contributed by atoms with van der Waals surface area (Å²) in [5, 5.41) is 14.7. The molecule has 6 heteroatoms. The average molecular weight is 277 g/mol. The lowest BCUT2D eigenvalue weighted by molar-refractivity contribution is -0.144. The van der Waals surface area contributed by atoms with Gasteiger partial charge in [0.25, 0.3) is 0 Å². The van der Waals surface area contributed by atoms with Crippen LogP contribution in [0, 0.1) is 0 Å². The van der Waals surface area contributed by atoms with E-state index in [1.807, 2.05) is 19.1 Å². The molecular weight excluding hydrogens is 258 g/mol. The normalized spacial score (nSPS) is 18.2. The molecule has 0 radical (unpaired) electrons. The molecule has 2 rings (SSSR count). The maximum atomic E-state index is 12.0. The van der Waals surface area contributed by atoms with E-state index in [1.54, 1.807) is 12.4 Å². The first-order valence-electron chi connectivity index (χ1n) is 6.75. The van der Waals surface area contributed by atoms with Crippen LogP contribution in [0.25, 0.3) is 0 Å². The highest BCUT2D eigenvalue weighted by molar-refractivity contribution is 5.86. The Kier molecular flexibility index (Phi) is 4.22. The monoisotopic (exact) mass is 277 g/mol. The zero-order chi connectivity index (χ0) is 14.6. The van der Waals surface area contributed by atoms with Gasteiger partial charge in [0.05, 0.1) is 6.04 Å². The predicted molar refractivity (Wildman–Crippen MR) is 73.2 cm³/mol. The van der Waals surface area contributed by atoms with E-state index in [-0.39, 0.29) is 6.04 Å². The fourth-order valence-electron chi connectivity index (χ4n) is 2.56. The van der Waals surface area contributed by atoms with Gasteiger partial charge in [-0.3, -0.25) is 4.98 Å². The van der Waals surface area contributed by atoms with Crippen LogP contribution in [0.5, 0.6) is 0 Å². The maximum Gasteiger partial charge on any atom is 0.329 e. The molecular formula is C14H19N3O3. The molecule has 1 heterocycles. The fourth-order valence-corrected chi connectivity index (χ4v) is 2.56. The number of carboxylic acids is 1. The number of hydrogen-bond acceptors (Lipinski definition) is 3. The molecule has 1 aliphatic carbocycles. The summed E-state index contributed by atoms with van der Waals surface area (Å²) >= 11 is 0. The van der Waals surface area contributed by atoms with Crippen LogP contribution in [0.2, 0.25) is 0 Å². The van der Waals surface area contributed by atoms with E-state index in [1.165, 1.54) is 0 Å². The van der Waals surface area contributed by atoms with Crippen molar-refractivity contribution in [1.29, 1.82) is 0 Å². The van der Waals surface area contributed by atoms with Gasteiger partial charge in [-0.15, -0.1) is 0 Å². The Hall–Kier alpha value is -2.11. The molecule has 1 unspecified atom stereocenters. The third kappa shape index (κ3) is 3.07. The molecule has 0 spiro atoms. The largest absolute Gasteiger partial charge is 0.480 e. The summed E-state index contributed by atoms with van der Waals surface area (Å²) in [6.07, 6.45) is 5.93. The molecule has 0 bridgehead atoms. The number of aliphatic carboxylic acids is 1. The second-order valence-electron chi connectivity index (χ2n) is 5.20. The zero-order valence-corrected chi connectivity index (χ0v) is 11.4. The highest BCUT2D eigenvalue weighted by Gasteiger charge is 2.42. The lowest BCUT2D eigenvalue weighted by Gasteiger charge is -2.26. The van der Waals surface area contributed by atoms with Crippen LogP contribution in [-0.2, 0) is 4.79 Å². The third-order valence-corrected chi connectivity index (χ3v) is 3.77. The van der Waals surface area contributed by atoms with Gasteiger partial charge in [-0.05, 0) is 37.5 Å². The van der Waals surface area contributed by atoms with Gasteiger partial charge >= 0.3 is 12.0 Å². The van der Waals surface area contributed by atoms with Crippen molar-refractivity contribution in [3.63, 3.8) is 0 Å². The summed E-state index contributed by atoms with van der Waals surface area (Å²) < 4.78 is 0. The van der Waals surface area contributed by atoms with E-state index >= 15 is 0 Å². The van der Waals surface area contributed by atoms with Crippen LogP contribution in [0.3, 0.4) is 0 Å². The van der Waals surface area contributed by atoms with Crippen molar-refractivity contribution in [3.05, 3.63) is 30.1 Å². The average Bonchev–Trinajstić information content (AvgIpc) is 2.89. The number of pyridine rings is 1. The van der Waals surface area contributed by atoms with E-state index in [4.69, 9.17) is 0 Å². The molecule has 0 aromatic carbocycles. The number of carbonyl (C=O) groups excluding carboxylic acids is 1. The van der Waals surface area contributed by atoms with Gasteiger partial charge < -0.3 is 15.7 Å². The number of carboxylic acid groups (broad SMARTS) is 1. The van der Waals surface area contributed by atoms with Crippen molar-refractivity contribution in [3.8, 4) is 0 Å². The topological polar surface area (TPSA) is 91.3 Å². The van der Waals surface area contributed by atoms with Crippen molar-refractivity contribution in [2.24, 2.45) is 0 Å². The molecule has 108 valence electrons. The number of carbonyl (C=O) groups is 2. The van der Waals surface area contributed by atoms with Gasteiger partial charge in [0.15, 0.2) is 0 Å². The molecule has 1 atom stereocenters. The second-order valence-corrected chi connectivity index (χ2v) is 5.20. The lowest BCUT2D eigenvalue weighted by atomic mass is 9.98. The summed E-state index contributed by atoms with van der Waals surface area (Å²) in [6.45, 7) is 1.84. The standard InChI is InChI=1S/C14H19N3O3/c1-10(11-4-8-15-9-5-11)16-13(20)17-14(12(18)19)6-2-3-7-14/h4-5,8-10H,2-3,6-7H2,1H3,(H,18,19)(H2,16,17,20). The number of rotatable bonds is 4. The first kappa shape index (κ1) is 14.3. The van der Waals surface area contributed by atoms with E-state index in [2.05, 4.69) is 15.6 Å². The molecule has 0 saturated heterocycles. The maximum absolute atomic E-state index is 12.0. The number of urea groups is 1. The predicted octanol–water partition coefficient (Wildman–Crippen LogP) is 1.84. The first-order valence-corrected chi connectivity index (χ1v) is 6.75. The van der Waals surface area contributed by atoms with Crippen molar-refractivity contribution in [2.75, 3.05) is 0 Å². The van der Waals surface area contributed by atoms with E-state index < -0.39 is 17.5 Å². The number of nitrogens with one attached hydrogen (secondary N) is 2. The number of aromatic nitrogens is 1. The second kappa shape index (κ2) is 5.90. The minimum Gasteiger partial charge on any atom is -0.480 e. The van der Waals surface area contributed by atoms with Crippen LogP contribution >= 0.6 is 0 Å². The minimum absolute atomic E-state index is 0.203. The molecule has 2 amide bonds. The van der Waals surface area contributed by atoms with Gasteiger partial charge in [-0.25, -0.2) is 9.59 Å². The van der Waals surface area contributed by atoms with Crippen molar-refractivity contribution in [2.45, 2.75) is 44.2 Å². The number of nitrogens with zero attached hydrogens (tertiary/aromatic N) is 1. The SMILES string of the molecule is CC(NC(=O)NC1(C(=O)O)CCCC1)c1ccncc1. The van der Waals surface area contributed by atoms with Crippen molar-refractivity contribution in [1.82, 2.24) is 15.6 Å². The van der Waals surface area contributed by atoms with Gasteiger partial charge in [0.2, 0.25) is 0 Å². The number of hydrogen-bond donors (Lipinski definition) is 3. The summed E-state index contributed by atoms with van der Waals surface area (Å²) in [4.78, 5) is 27.3. The van der Waals surface area contributed by atoms with E-state index in [0.717, 1.165) is 18.4 Å². The Morgan fingerprint density at radius 1 is 1.30 bits per heavy atom. The molecule has 1 saturated carbocycles. The van der Waals surface area contributed by atoms with Crippen LogP contribution in [0.1, 0.15) is 44.2 Å². The zero-order valence-electron chi connectivity index (χ0n) is 11.4. The van der Waals surface area contributed by atoms with Gasteiger partial charge in [-0.1, -0.05) is 12.8 Å². The van der Waals surface area contributed by atoms with E-state index in [0.29, 0.717) is 12.8 Å². The summed E-state index contributed by atoms with van der Waals surface area (Å²) in [5.74, 6) is -0.957. The summed E-state index contributed by atoms with van der Waals surface area (Å²) in [7, 11) is 0. The molecule has 1 aromatic rings. The van der Waals surface area contributed by atoms with E-state index in [9.17, 15) is 14.7 Å². The number of amides is 2. The third-order valence-electron chi connectivity index (χ3n) is 3.77. The Morgan fingerprint density at radius 2 is 1.90 bits per heavy atom. The Bertz CT molecular complexity index is 484. The molecule has 1 fully saturated rings. The van der Waals surface area contributed by atoms with Gasteiger partial charge in [0, 0.05) is 12.4 Å². The summed E-state index contributed by atoms with van der Waals surface area (Å²) in [6, 6.07) is 2.98. The molecule has 0 aliphatic heterocycles. The Labute approximate surface area is 117 Å². The van der Waals surface area contributed by atoms with Crippen LogP contribution in [0.15, 0.2) is 24.5 Å². The smallest absolute Gasteiger partial charge is 0.329 e. The Morgan fingerprint density at radius 3 is 2.45 bits per heavy atom. The molecule has 6 nitrogen and oxygen atoms in total. The van der Waals surface area contributed by atoms with Crippen LogP contribution < -0.4 is 10.6 Å².